The topological polar surface area (TPSA) is 50.9 Å². The third kappa shape index (κ3) is 10.1. The van der Waals surface area contributed by atoms with Gasteiger partial charge in [-0.15, -0.1) is 29.3 Å². The van der Waals surface area contributed by atoms with Crippen LogP contribution in [0.2, 0.25) is 0 Å². The Kier molecular flexibility index (Phi) is 10.0. The summed E-state index contributed by atoms with van der Waals surface area (Å²) in [4.78, 5) is 10.3. The van der Waals surface area contributed by atoms with E-state index in [1.54, 1.807) is 18.3 Å². The van der Waals surface area contributed by atoms with Gasteiger partial charge >= 0.3 is 0 Å². The summed E-state index contributed by atoms with van der Waals surface area (Å²) in [6.07, 6.45) is 1.63. The third-order valence-corrected chi connectivity index (χ3v) is 13.3. The molecule has 9 rings (SSSR count). The first-order valence-electron chi connectivity index (χ1n) is 29.8. The molecule has 7 aromatic carbocycles. The van der Waals surface area contributed by atoms with Crippen LogP contribution in [0.3, 0.4) is 0 Å². The second-order valence-corrected chi connectivity index (χ2v) is 21.7. The van der Waals surface area contributed by atoms with Crippen molar-refractivity contribution in [2.24, 2.45) is 0 Å². The fraction of sp³-hybridized carbons (Fsp3) is 0.273. The van der Waals surface area contributed by atoms with E-state index in [1.165, 1.54) is 24.3 Å². The van der Waals surface area contributed by atoms with Crippen molar-refractivity contribution < 1.29 is 42.6 Å². The minimum atomic E-state index is -3.40. The van der Waals surface area contributed by atoms with Crippen molar-refractivity contribution in [3.8, 4) is 78.6 Å². The average Bonchev–Trinajstić information content (AvgIpc) is 2.90. The van der Waals surface area contributed by atoms with E-state index in [0.29, 0.717) is 67.2 Å². The van der Waals surface area contributed by atoms with E-state index in [4.69, 9.17) is 22.3 Å². The molecule has 71 heavy (non-hydrogen) atoms. The van der Waals surface area contributed by atoms with E-state index in [-0.39, 0.29) is 48.8 Å². The standard InChI is InChI=1S/C66H68N3O.Pt/c1-41-34-46(59-52(44-20-16-15-17-21-44)22-18-24-55(59)66(12,13)14)28-31-57(41)69-58-25-19-23-53(60(58)68-62(69)54-40-50(64(6,7)8)35-42(2)61(54)70)47-36-48(38-51(37-47)65(9,10)11)56-39-45(32-33-67-56)43-26-29-49(30-27-43)63(3,4)5;/h15-35,37-40,70H,1-14H3;/q-1;/i1D3,3D3,4D3,5D3;. The van der Waals surface area contributed by atoms with Crippen LogP contribution in [0.5, 0.6) is 5.75 Å². The Morgan fingerprint density at radius 3 is 1.87 bits per heavy atom. The molecule has 5 heteroatoms. The van der Waals surface area contributed by atoms with Gasteiger partial charge in [0.15, 0.2) is 0 Å². The monoisotopic (exact) mass is 1130 g/mol. The second kappa shape index (κ2) is 19.0. The van der Waals surface area contributed by atoms with E-state index in [2.05, 4.69) is 98.7 Å². The van der Waals surface area contributed by atoms with Crippen LogP contribution in [0, 0.1) is 19.8 Å². The molecule has 0 radical (unpaired) electrons. The number of imidazole rings is 1. The molecule has 0 fully saturated rings. The summed E-state index contributed by atoms with van der Waals surface area (Å²) in [7, 11) is 0. The number of aryl methyl sites for hydroxylation is 2. The van der Waals surface area contributed by atoms with Gasteiger partial charge in [-0.2, -0.15) is 0 Å². The van der Waals surface area contributed by atoms with Gasteiger partial charge in [0, 0.05) is 49.4 Å². The molecule has 0 unspecified atom stereocenters. The van der Waals surface area contributed by atoms with E-state index in [0.717, 1.165) is 38.9 Å². The Morgan fingerprint density at radius 2 is 1.20 bits per heavy atom. The fourth-order valence-electron chi connectivity index (χ4n) is 9.31. The second-order valence-electron chi connectivity index (χ2n) is 21.7. The zero-order valence-corrected chi connectivity index (χ0v) is 44.3. The molecule has 0 amide bonds. The van der Waals surface area contributed by atoms with Crippen LogP contribution in [-0.4, -0.2) is 19.6 Å². The zero-order chi connectivity index (χ0) is 60.1. The van der Waals surface area contributed by atoms with E-state index >= 15 is 0 Å². The number of aromatic hydroxyl groups is 1. The third-order valence-electron chi connectivity index (χ3n) is 13.3. The quantitative estimate of drug-likeness (QED) is 0.162. The minimum Gasteiger partial charge on any atom is -0.507 e. The summed E-state index contributed by atoms with van der Waals surface area (Å²) in [5.74, 6) is 0.356. The number of rotatable bonds is 7. The molecule has 1 N–H and O–H groups in total. The van der Waals surface area contributed by atoms with Crippen LogP contribution < -0.4 is 0 Å². The van der Waals surface area contributed by atoms with Crippen molar-refractivity contribution in [1.29, 1.82) is 0 Å². The van der Waals surface area contributed by atoms with E-state index in [9.17, 15) is 9.22 Å². The summed E-state index contributed by atoms with van der Waals surface area (Å²) >= 11 is 0. The molecule has 0 spiro atoms. The SMILES string of the molecule is [2H]C([2H])([2H])c1cc(-c2c(-c3ccccc3)cccc2C(C)(C)C)ccc1-n1c(-c2cc(C(C)(C)C)cc(C)c2O)nc2c(-c3[c-]c(-c4cc(-c5ccc(C(C([2H])([2H])[2H])(C([2H])([2H])[2H])C([2H])([2H])[2H])cc5)ccn4)cc(C(C)(C)C)c3)cccc21.[Pt]. The smallest absolute Gasteiger partial charge is 0.148 e. The minimum absolute atomic E-state index is 0. The van der Waals surface area contributed by atoms with Gasteiger partial charge in [-0.25, -0.2) is 4.98 Å². The molecular formula is C66H68N3OPt-. The number of benzene rings is 7. The van der Waals surface area contributed by atoms with Gasteiger partial charge in [0.05, 0.1) is 22.3 Å². The van der Waals surface area contributed by atoms with E-state index in [1.807, 2.05) is 90.4 Å². The summed E-state index contributed by atoms with van der Waals surface area (Å²) in [6, 6.07) is 48.6. The van der Waals surface area contributed by atoms with Gasteiger partial charge in [-0.05, 0) is 127 Å². The molecule has 9 aromatic rings. The molecule has 0 bridgehead atoms. The first-order valence-corrected chi connectivity index (χ1v) is 23.8. The van der Waals surface area contributed by atoms with Gasteiger partial charge in [0.25, 0.3) is 0 Å². The number of fused-ring (bicyclic) bond motifs is 1. The maximum Gasteiger partial charge on any atom is 0.148 e. The number of para-hydroxylation sites is 1. The van der Waals surface area contributed by atoms with Crippen molar-refractivity contribution >= 4 is 11.0 Å². The molecule has 2 heterocycles. The van der Waals surface area contributed by atoms with Crippen molar-refractivity contribution in [1.82, 2.24) is 14.5 Å². The number of nitrogens with zero attached hydrogens (tertiary/aromatic N) is 3. The maximum atomic E-state index is 12.2. The Bertz CT molecular complexity index is 3860. The van der Waals surface area contributed by atoms with Crippen LogP contribution in [0.25, 0.3) is 83.9 Å². The number of hydrogen-bond donors (Lipinski definition) is 1. The summed E-state index contributed by atoms with van der Waals surface area (Å²) in [5.41, 5.74) is 8.42. The molecule has 2 aromatic heterocycles. The molecule has 364 valence electrons. The van der Waals surface area contributed by atoms with Gasteiger partial charge in [0.1, 0.15) is 11.6 Å². The first-order chi connectivity index (χ1) is 37.9. The molecule has 0 aliphatic carbocycles. The van der Waals surface area contributed by atoms with E-state index < -0.39 is 38.2 Å². The van der Waals surface area contributed by atoms with Crippen LogP contribution >= 0.6 is 0 Å². The van der Waals surface area contributed by atoms with Crippen molar-refractivity contribution in [2.45, 2.75) is 118 Å². The van der Waals surface area contributed by atoms with Crippen LogP contribution in [0.1, 0.15) is 133 Å². The first kappa shape index (κ1) is 37.4. The number of aromatic nitrogens is 3. The Balaban J connectivity index is 0.00000900. The molecule has 0 atom stereocenters. The predicted octanol–water partition coefficient (Wildman–Crippen LogP) is 17.7. The Hall–Kier alpha value is -6.35. The predicted molar refractivity (Wildman–Crippen MR) is 296 cm³/mol. The number of hydrogen-bond acceptors (Lipinski definition) is 3. The number of phenols is 1. The van der Waals surface area contributed by atoms with Gasteiger partial charge in [-0.3, -0.25) is 9.55 Å². The molecule has 4 nitrogen and oxygen atoms in total. The number of phenolic OH excluding ortho intramolecular Hbond substituents is 1. The molecule has 0 aliphatic rings. The van der Waals surface area contributed by atoms with Gasteiger partial charge in [-0.1, -0.05) is 197 Å². The number of pyridine rings is 1. The molecular weight excluding hydrogens is 1050 g/mol. The largest absolute Gasteiger partial charge is 0.507 e. The summed E-state index contributed by atoms with van der Waals surface area (Å²) in [5, 5.41) is 12.2. The van der Waals surface area contributed by atoms with Gasteiger partial charge in [0.2, 0.25) is 0 Å². The average molecular weight is 1130 g/mol. The van der Waals surface area contributed by atoms with Crippen LogP contribution in [-0.2, 0) is 42.7 Å². The zero-order valence-electron chi connectivity index (χ0n) is 54.0. The Labute approximate surface area is 454 Å². The maximum absolute atomic E-state index is 12.2. The van der Waals surface area contributed by atoms with Crippen molar-refractivity contribution in [3.05, 3.63) is 191 Å². The molecule has 0 aliphatic heterocycles. The summed E-state index contributed by atoms with van der Waals surface area (Å²) < 4.78 is 104. The normalized spacial score (nSPS) is 15.5. The summed E-state index contributed by atoms with van der Waals surface area (Å²) in [6.45, 7) is 8.08. The van der Waals surface area contributed by atoms with Crippen LogP contribution in [0.15, 0.2) is 152 Å². The van der Waals surface area contributed by atoms with Gasteiger partial charge < -0.3 is 5.11 Å². The van der Waals surface area contributed by atoms with Crippen molar-refractivity contribution in [3.63, 3.8) is 0 Å². The van der Waals surface area contributed by atoms with Crippen LogP contribution in [0.4, 0.5) is 0 Å². The Morgan fingerprint density at radius 1 is 0.535 bits per heavy atom. The fourth-order valence-corrected chi connectivity index (χ4v) is 9.31. The van der Waals surface area contributed by atoms with Crippen molar-refractivity contribution in [2.75, 3.05) is 0 Å². The molecule has 0 saturated carbocycles. The molecule has 0 saturated heterocycles.